The van der Waals surface area contributed by atoms with E-state index < -0.39 is 28.8 Å². The number of likely N-dealkylation sites (tertiary alicyclic amines) is 2. The number of benzene rings is 1. The molecular weight excluding hydrogens is 463 g/mol. The molecule has 9 heteroatoms. The highest BCUT2D eigenvalue weighted by molar-refractivity contribution is 6.38. The summed E-state index contributed by atoms with van der Waals surface area (Å²) in [5.41, 5.74) is 2.32. The van der Waals surface area contributed by atoms with Gasteiger partial charge in [-0.25, -0.2) is 9.49 Å². The van der Waals surface area contributed by atoms with Crippen molar-refractivity contribution in [1.82, 2.24) is 20.0 Å². The van der Waals surface area contributed by atoms with Gasteiger partial charge in [-0.2, -0.15) is 5.10 Å². The number of halogens is 1. The van der Waals surface area contributed by atoms with Crippen LogP contribution in [0.4, 0.5) is 4.39 Å². The molecule has 190 valence electrons. The van der Waals surface area contributed by atoms with Crippen LogP contribution in [0.2, 0.25) is 0 Å². The molecule has 0 radical (unpaired) electrons. The Morgan fingerprint density at radius 1 is 1.06 bits per heavy atom. The average Bonchev–Trinajstić information content (AvgIpc) is 3.46. The largest absolute Gasteiger partial charge is 0.332 e. The summed E-state index contributed by atoms with van der Waals surface area (Å²) in [5, 5.41) is 6.84. The lowest BCUT2D eigenvalue weighted by Crippen LogP contribution is -2.53. The van der Waals surface area contributed by atoms with Crippen LogP contribution in [0.5, 0.6) is 0 Å². The minimum Gasteiger partial charge on any atom is -0.332 e. The number of rotatable bonds is 4. The molecule has 0 spiro atoms. The molecule has 2 aromatic rings. The van der Waals surface area contributed by atoms with Crippen molar-refractivity contribution in [3.8, 4) is 0 Å². The van der Waals surface area contributed by atoms with E-state index in [9.17, 15) is 23.6 Å². The number of amides is 2. The molecule has 3 heterocycles. The molecule has 5 rings (SSSR count). The first-order chi connectivity index (χ1) is 17.0. The predicted octanol–water partition coefficient (Wildman–Crippen LogP) is 2.42. The molecule has 1 N–H and O–H groups in total. The lowest BCUT2D eigenvalue weighted by molar-refractivity contribution is -0.150. The first kappa shape index (κ1) is 24.3. The minimum absolute atomic E-state index is 0.0120. The van der Waals surface area contributed by atoms with E-state index in [2.05, 4.69) is 10.2 Å². The van der Waals surface area contributed by atoms with Crippen molar-refractivity contribution in [2.75, 3.05) is 13.1 Å². The monoisotopic (exact) mass is 494 g/mol. The van der Waals surface area contributed by atoms with Crippen LogP contribution in [-0.2, 0) is 28.9 Å². The highest BCUT2D eigenvalue weighted by atomic mass is 19.1. The fourth-order valence-electron chi connectivity index (χ4n) is 5.68. The summed E-state index contributed by atoms with van der Waals surface area (Å²) in [6, 6.07) is 4.03. The summed E-state index contributed by atoms with van der Waals surface area (Å²) in [5.74, 6) is -1.96. The van der Waals surface area contributed by atoms with Crippen molar-refractivity contribution in [3.05, 3.63) is 62.3 Å². The molecule has 0 saturated carbocycles. The van der Waals surface area contributed by atoms with Gasteiger partial charge in [0.15, 0.2) is 0 Å². The first-order valence-electron chi connectivity index (χ1n) is 12.6. The second-order valence-corrected chi connectivity index (χ2v) is 11.2. The van der Waals surface area contributed by atoms with Crippen LogP contribution in [0.3, 0.4) is 0 Å². The number of ketones is 1. The Labute approximate surface area is 208 Å². The number of aromatic nitrogens is 2. The highest BCUT2D eigenvalue weighted by Crippen LogP contribution is 2.34. The molecule has 2 fully saturated rings. The van der Waals surface area contributed by atoms with E-state index in [1.165, 1.54) is 6.07 Å². The third-order valence-corrected chi connectivity index (χ3v) is 7.65. The molecule has 2 atom stereocenters. The third-order valence-electron chi connectivity index (χ3n) is 7.65. The zero-order chi connectivity index (χ0) is 25.8. The minimum atomic E-state index is -0.766. The molecule has 0 unspecified atom stereocenters. The SMILES string of the molecule is CC(C)(C)C(=O)C(=O)N1C[C@@H]2C[C@H]1CN2C(=O)c1cc(Cc2n[nH]c(=O)c3c2CCCC3)ccc1F. The van der Waals surface area contributed by atoms with Gasteiger partial charge in [-0.1, -0.05) is 26.8 Å². The molecule has 8 nitrogen and oxygen atoms in total. The maximum absolute atomic E-state index is 14.8. The van der Waals surface area contributed by atoms with Crippen LogP contribution in [0, 0.1) is 11.2 Å². The van der Waals surface area contributed by atoms with Crippen LogP contribution < -0.4 is 5.56 Å². The van der Waals surface area contributed by atoms with Gasteiger partial charge < -0.3 is 9.80 Å². The predicted molar refractivity (Wildman–Crippen MR) is 130 cm³/mol. The average molecular weight is 495 g/mol. The number of hydrogen-bond acceptors (Lipinski definition) is 5. The van der Waals surface area contributed by atoms with E-state index in [0.717, 1.165) is 48.1 Å². The van der Waals surface area contributed by atoms with Crippen molar-refractivity contribution < 1.29 is 18.8 Å². The van der Waals surface area contributed by atoms with Crippen molar-refractivity contribution in [2.45, 2.75) is 71.4 Å². The number of Topliss-reactive ketones (excluding diaryl/α,β-unsaturated/α-hetero) is 1. The van der Waals surface area contributed by atoms with E-state index >= 15 is 0 Å². The molecule has 36 heavy (non-hydrogen) atoms. The zero-order valence-corrected chi connectivity index (χ0v) is 20.9. The number of aromatic amines is 1. The van der Waals surface area contributed by atoms with Gasteiger partial charge in [-0.3, -0.25) is 19.2 Å². The standard InChI is InChI=1S/C27H31FN4O4/c1-27(2,3)23(33)26(36)32-14-16-12-17(32)13-31(16)25(35)20-10-15(8-9-21(20)28)11-22-18-6-4-5-7-19(18)24(34)30-29-22/h8-10,16-17H,4-7,11-14H2,1-3H3,(H,30,34)/t16-,17-/m0/s1. The number of carbonyl (C=O) groups is 3. The van der Waals surface area contributed by atoms with E-state index in [-0.39, 0.29) is 36.3 Å². The van der Waals surface area contributed by atoms with E-state index in [4.69, 9.17) is 0 Å². The topological polar surface area (TPSA) is 103 Å². The second kappa shape index (κ2) is 8.94. The van der Waals surface area contributed by atoms with Crippen molar-refractivity contribution in [2.24, 2.45) is 5.41 Å². The Morgan fingerprint density at radius 2 is 1.72 bits per heavy atom. The van der Waals surface area contributed by atoms with Gasteiger partial charge in [0.25, 0.3) is 17.4 Å². The smallest absolute Gasteiger partial charge is 0.290 e. The van der Waals surface area contributed by atoms with Crippen molar-refractivity contribution in [3.63, 3.8) is 0 Å². The Morgan fingerprint density at radius 3 is 2.39 bits per heavy atom. The molecule has 1 aliphatic carbocycles. The van der Waals surface area contributed by atoms with Crippen LogP contribution in [0.25, 0.3) is 0 Å². The second-order valence-electron chi connectivity index (χ2n) is 11.2. The Hall–Kier alpha value is -3.36. The van der Waals surface area contributed by atoms with Gasteiger partial charge in [0, 0.05) is 30.5 Å². The van der Waals surface area contributed by atoms with Gasteiger partial charge in [-0.05, 0) is 55.4 Å². The van der Waals surface area contributed by atoms with E-state index in [1.54, 1.807) is 42.7 Å². The molecule has 2 amide bonds. The lowest BCUT2D eigenvalue weighted by Gasteiger charge is -2.35. The van der Waals surface area contributed by atoms with Crippen LogP contribution in [0.15, 0.2) is 23.0 Å². The number of hydrogen-bond donors (Lipinski definition) is 1. The maximum atomic E-state index is 14.8. The van der Waals surface area contributed by atoms with Gasteiger partial charge in [0.2, 0.25) is 5.78 Å². The van der Waals surface area contributed by atoms with Crippen LogP contribution in [-0.4, -0.2) is 62.8 Å². The number of fused-ring (bicyclic) bond motifs is 3. The first-order valence-corrected chi connectivity index (χ1v) is 12.6. The summed E-state index contributed by atoms with van der Waals surface area (Å²) < 4.78 is 14.8. The number of carbonyl (C=O) groups excluding carboxylic acids is 3. The Bertz CT molecular complexity index is 1310. The fraction of sp³-hybridized carbons (Fsp3) is 0.519. The van der Waals surface area contributed by atoms with E-state index in [1.807, 2.05) is 0 Å². The summed E-state index contributed by atoms with van der Waals surface area (Å²) in [4.78, 5) is 53.9. The molecule has 3 aliphatic rings. The Kier molecular flexibility index (Phi) is 6.04. The summed E-state index contributed by atoms with van der Waals surface area (Å²) in [6.07, 6.45) is 4.47. The number of piperazine rings is 1. The molecule has 1 aromatic carbocycles. The van der Waals surface area contributed by atoms with Gasteiger partial charge in [-0.15, -0.1) is 0 Å². The third kappa shape index (κ3) is 4.24. The quantitative estimate of drug-likeness (QED) is 0.658. The molecule has 2 saturated heterocycles. The van der Waals surface area contributed by atoms with Gasteiger partial charge in [0.1, 0.15) is 5.82 Å². The highest BCUT2D eigenvalue weighted by Gasteiger charge is 2.49. The number of H-pyrrole nitrogens is 1. The van der Waals surface area contributed by atoms with Crippen LogP contribution >= 0.6 is 0 Å². The van der Waals surface area contributed by atoms with Crippen molar-refractivity contribution >= 4 is 17.6 Å². The summed E-state index contributed by atoms with van der Waals surface area (Å²) >= 11 is 0. The van der Waals surface area contributed by atoms with Gasteiger partial charge in [0.05, 0.1) is 23.3 Å². The zero-order valence-electron chi connectivity index (χ0n) is 20.9. The molecule has 2 aliphatic heterocycles. The summed E-state index contributed by atoms with van der Waals surface area (Å²) in [7, 11) is 0. The molecule has 1 aromatic heterocycles. The number of nitrogens with one attached hydrogen (secondary N) is 1. The maximum Gasteiger partial charge on any atom is 0.290 e. The molecule has 2 bridgehead atoms. The van der Waals surface area contributed by atoms with Crippen molar-refractivity contribution in [1.29, 1.82) is 0 Å². The number of nitrogens with zero attached hydrogens (tertiary/aromatic N) is 3. The Balaban J connectivity index is 1.33. The van der Waals surface area contributed by atoms with Crippen LogP contribution in [0.1, 0.15) is 72.8 Å². The lowest BCUT2D eigenvalue weighted by atomic mass is 9.90. The molecular formula is C27H31FN4O4. The van der Waals surface area contributed by atoms with Gasteiger partial charge >= 0.3 is 0 Å². The fourth-order valence-corrected chi connectivity index (χ4v) is 5.68. The van der Waals surface area contributed by atoms with E-state index in [0.29, 0.717) is 12.8 Å². The normalized spacial score (nSPS) is 21.0. The summed E-state index contributed by atoms with van der Waals surface area (Å²) in [6.45, 7) is 5.71.